The van der Waals surface area contributed by atoms with E-state index in [0.717, 1.165) is 51.6 Å². The summed E-state index contributed by atoms with van der Waals surface area (Å²) in [6.07, 6.45) is 8.47. The van der Waals surface area contributed by atoms with Crippen LogP contribution < -0.4 is 0 Å². The SMILES string of the molecule is CN(C)C(=O)c1cn(C2CCC23CCN(C(=O)CCCc2ccccc2)CC3)nn1. The molecule has 2 amide bonds. The van der Waals surface area contributed by atoms with E-state index >= 15 is 0 Å². The molecule has 7 nitrogen and oxygen atoms in total. The molecular weight excluding hydrogens is 378 g/mol. The van der Waals surface area contributed by atoms with E-state index in [0.29, 0.717) is 12.1 Å². The lowest BCUT2D eigenvalue weighted by molar-refractivity contribution is -0.136. The van der Waals surface area contributed by atoms with Crippen molar-refractivity contribution in [2.24, 2.45) is 5.41 Å². The van der Waals surface area contributed by atoms with Crippen molar-refractivity contribution in [2.75, 3.05) is 27.2 Å². The molecule has 1 aromatic heterocycles. The quantitative estimate of drug-likeness (QED) is 0.735. The van der Waals surface area contributed by atoms with Crippen molar-refractivity contribution < 1.29 is 9.59 Å². The molecule has 160 valence electrons. The molecule has 1 atom stereocenters. The Morgan fingerprint density at radius 2 is 1.87 bits per heavy atom. The van der Waals surface area contributed by atoms with Gasteiger partial charge in [-0.05, 0) is 49.5 Å². The van der Waals surface area contributed by atoms with Crippen LogP contribution in [-0.2, 0) is 11.2 Å². The fourth-order valence-electron chi connectivity index (χ4n) is 4.88. The normalized spacial score (nSPS) is 20.1. The Labute approximate surface area is 178 Å². The van der Waals surface area contributed by atoms with Gasteiger partial charge in [0, 0.05) is 33.6 Å². The van der Waals surface area contributed by atoms with Gasteiger partial charge in [0.1, 0.15) is 0 Å². The lowest BCUT2D eigenvalue weighted by atomic mass is 9.59. The molecule has 0 N–H and O–H groups in total. The first-order valence-corrected chi connectivity index (χ1v) is 10.9. The number of hydrogen-bond acceptors (Lipinski definition) is 4. The lowest BCUT2D eigenvalue weighted by Gasteiger charge is -2.53. The fraction of sp³-hybridized carbons (Fsp3) is 0.565. The van der Waals surface area contributed by atoms with Crippen molar-refractivity contribution in [3.8, 4) is 0 Å². The average Bonchev–Trinajstić information content (AvgIpc) is 3.22. The Bertz CT molecular complexity index is 884. The number of carbonyl (C=O) groups excluding carboxylic acids is 2. The molecule has 1 saturated heterocycles. The highest BCUT2D eigenvalue weighted by Crippen LogP contribution is 2.56. The maximum Gasteiger partial charge on any atom is 0.275 e. The Balaban J connectivity index is 1.28. The number of aryl methyl sites for hydroxylation is 1. The lowest BCUT2D eigenvalue weighted by Crippen LogP contribution is -2.51. The predicted molar refractivity (Wildman–Crippen MR) is 114 cm³/mol. The van der Waals surface area contributed by atoms with Gasteiger partial charge < -0.3 is 9.80 Å². The molecule has 1 aromatic carbocycles. The molecule has 0 bridgehead atoms. The van der Waals surface area contributed by atoms with E-state index in [2.05, 4.69) is 22.4 Å². The van der Waals surface area contributed by atoms with Crippen molar-refractivity contribution in [2.45, 2.75) is 51.0 Å². The summed E-state index contributed by atoms with van der Waals surface area (Å²) in [6, 6.07) is 10.6. The topological polar surface area (TPSA) is 71.3 Å². The summed E-state index contributed by atoms with van der Waals surface area (Å²) in [5, 5.41) is 8.33. The van der Waals surface area contributed by atoms with Crippen LogP contribution in [0.4, 0.5) is 0 Å². The first-order chi connectivity index (χ1) is 14.5. The maximum atomic E-state index is 12.7. The molecule has 2 aromatic rings. The number of aromatic nitrogens is 3. The molecule has 2 heterocycles. The van der Waals surface area contributed by atoms with E-state index in [4.69, 9.17) is 0 Å². The molecular formula is C23H31N5O2. The molecule has 1 aliphatic heterocycles. The van der Waals surface area contributed by atoms with Crippen LogP contribution in [0.5, 0.6) is 0 Å². The van der Waals surface area contributed by atoms with Gasteiger partial charge in [0.05, 0.1) is 12.2 Å². The standard InChI is InChI=1S/C23H31N5O2/c1-26(2)22(30)19-17-28(25-24-19)20-11-12-23(20)13-15-27(16-14-23)21(29)10-6-9-18-7-4-3-5-8-18/h3-5,7-8,17,20H,6,9-16H2,1-2H3. The summed E-state index contributed by atoms with van der Waals surface area (Å²) < 4.78 is 1.89. The van der Waals surface area contributed by atoms with Crippen LogP contribution in [-0.4, -0.2) is 63.8 Å². The summed E-state index contributed by atoms with van der Waals surface area (Å²) in [4.78, 5) is 28.3. The Morgan fingerprint density at radius 3 is 2.50 bits per heavy atom. The summed E-state index contributed by atoms with van der Waals surface area (Å²) in [7, 11) is 3.44. The minimum atomic E-state index is -0.120. The molecule has 30 heavy (non-hydrogen) atoms. The highest BCUT2D eigenvalue weighted by atomic mass is 16.2. The zero-order chi connectivity index (χ0) is 21.1. The Hall–Kier alpha value is -2.70. The van der Waals surface area contributed by atoms with Crippen LogP contribution in [0.3, 0.4) is 0 Å². The predicted octanol–water partition coefficient (Wildman–Crippen LogP) is 2.95. The van der Waals surface area contributed by atoms with Gasteiger partial charge in [0.15, 0.2) is 5.69 Å². The number of rotatable bonds is 6. The van der Waals surface area contributed by atoms with Gasteiger partial charge in [-0.2, -0.15) is 0 Å². The van der Waals surface area contributed by atoms with Crippen molar-refractivity contribution in [3.63, 3.8) is 0 Å². The molecule has 7 heteroatoms. The first kappa shape index (κ1) is 20.6. The molecule has 1 spiro atoms. The number of nitrogens with zero attached hydrogens (tertiary/aromatic N) is 5. The number of hydrogen-bond donors (Lipinski definition) is 0. The highest BCUT2D eigenvalue weighted by molar-refractivity contribution is 5.91. The van der Waals surface area contributed by atoms with Gasteiger partial charge >= 0.3 is 0 Å². The van der Waals surface area contributed by atoms with E-state index < -0.39 is 0 Å². The fourth-order valence-corrected chi connectivity index (χ4v) is 4.88. The van der Waals surface area contributed by atoms with Gasteiger partial charge in [0.2, 0.25) is 5.91 Å². The van der Waals surface area contributed by atoms with E-state index in [9.17, 15) is 9.59 Å². The van der Waals surface area contributed by atoms with E-state index in [1.807, 2.05) is 27.8 Å². The van der Waals surface area contributed by atoms with Gasteiger partial charge in [-0.25, -0.2) is 4.68 Å². The maximum absolute atomic E-state index is 12.7. The van der Waals surface area contributed by atoms with E-state index in [-0.39, 0.29) is 23.3 Å². The molecule has 2 fully saturated rings. The van der Waals surface area contributed by atoms with Crippen LogP contribution in [0.1, 0.15) is 60.6 Å². The number of piperidine rings is 1. The summed E-state index contributed by atoms with van der Waals surface area (Å²) in [6.45, 7) is 1.64. The summed E-state index contributed by atoms with van der Waals surface area (Å²) in [5.74, 6) is 0.154. The minimum Gasteiger partial charge on any atom is -0.343 e. The second kappa shape index (κ2) is 8.58. The van der Waals surface area contributed by atoms with Crippen molar-refractivity contribution in [1.29, 1.82) is 0 Å². The molecule has 1 unspecified atom stereocenters. The third-order valence-electron chi connectivity index (χ3n) is 6.89. The van der Waals surface area contributed by atoms with Gasteiger partial charge in [-0.1, -0.05) is 35.5 Å². The zero-order valence-electron chi connectivity index (χ0n) is 18.0. The summed E-state index contributed by atoms with van der Waals surface area (Å²) in [5.41, 5.74) is 1.88. The second-order valence-electron chi connectivity index (χ2n) is 8.92. The first-order valence-electron chi connectivity index (χ1n) is 10.9. The van der Waals surface area contributed by atoms with Crippen molar-refractivity contribution in [1.82, 2.24) is 24.8 Å². The minimum absolute atomic E-state index is 0.120. The van der Waals surface area contributed by atoms with Crippen LogP contribution in [0.25, 0.3) is 0 Å². The van der Waals surface area contributed by atoms with Crippen LogP contribution in [0.15, 0.2) is 36.5 Å². The van der Waals surface area contributed by atoms with Crippen molar-refractivity contribution >= 4 is 11.8 Å². The number of carbonyl (C=O) groups is 2. The van der Waals surface area contributed by atoms with Crippen LogP contribution in [0.2, 0.25) is 0 Å². The third kappa shape index (κ3) is 4.11. The zero-order valence-corrected chi connectivity index (χ0v) is 18.0. The van der Waals surface area contributed by atoms with Gasteiger partial charge in [-0.3, -0.25) is 9.59 Å². The Kier molecular flexibility index (Phi) is 5.88. The molecule has 1 aliphatic carbocycles. The van der Waals surface area contributed by atoms with Gasteiger partial charge in [0.25, 0.3) is 5.91 Å². The smallest absolute Gasteiger partial charge is 0.275 e. The molecule has 4 rings (SSSR count). The molecule has 2 aliphatic rings. The second-order valence-corrected chi connectivity index (χ2v) is 8.92. The van der Waals surface area contributed by atoms with Crippen LogP contribution >= 0.6 is 0 Å². The number of benzene rings is 1. The Morgan fingerprint density at radius 1 is 1.13 bits per heavy atom. The average molecular weight is 410 g/mol. The largest absolute Gasteiger partial charge is 0.343 e. The van der Waals surface area contributed by atoms with E-state index in [1.165, 1.54) is 10.5 Å². The van der Waals surface area contributed by atoms with E-state index in [1.54, 1.807) is 20.3 Å². The number of amides is 2. The monoisotopic (exact) mass is 409 g/mol. The van der Waals surface area contributed by atoms with Crippen LogP contribution in [0, 0.1) is 5.41 Å². The molecule has 1 saturated carbocycles. The van der Waals surface area contributed by atoms with Crippen molar-refractivity contribution in [3.05, 3.63) is 47.8 Å². The van der Waals surface area contributed by atoms with Gasteiger partial charge in [-0.15, -0.1) is 5.10 Å². The number of likely N-dealkylation sites (tertiary alicyclic amines) is 1. The third-order valence-corrected chi connectivity index (χ3v) is 6.89. The summed E-state index contributed by atoms with van der Waals surface area (Å²) >= 11 is 0. The molecule has 0 radical (unpaired) electrons. The highest BCUT2D eigenvalue weighted by Gasteiger charge is 2.50.